The quantitative estimate of drug-likeness (QED) is 0.734. The summed E-state index contributed by atoms with van der Waals surface area (Å²) in [6.07, 6.45) is 3.80. The second kappa shape index (κ2) is 5.84. The molecule has 0 spiro atoms. The minimum Gasteiger partial charge on any atom is -0.459 e. The largest absolute Gasteiger partial charge is 0.459 e. The second-order valence-corrected chi connectivity index (χ2v) is 6.72. The van der Waals surface area contributed by atoms with Gasteiger partial charge in [0.25, 0.3) is 0 Å². The molecule has 1 aromatic heterocycles. The zero-order valence-corrected chi connectivity index (χ0v) is 13.8. The molecular formula is C19H27NO. The maximum absolute atomic E-state index is 6.31. The van der Waals surface area contributed by atoms with Crippen LogP contribution in [0.5, 0.6) is 0 Å². The first-order valence-electron chi connectivity index (χ1n) is 8.39. The molecule has 0 radical (unpaired) electrons. The summed E-state index contributed by atoms with van der Waals surface area (Å²) in [6.45, 7) is 10.8. The number of hydrogen-bond donors (Lipinski definition) is 1. The Labute approximate surface area is 127 Å². The van der Waals surface area contributed by atoms with Gasteiger partial charge in [-0.2, -0.15) is 0 Å². The molecule has 1 aliphatic carbocycles. The van der Waals surface area contributed by atoms with E-state index in [1.807, 2.05) is 0 Å². The third-order valence-corrected chi connectivity index (χ3v) is 4.50. The average molecular weight is 285 g/mol. The van der Waals surface area contributed by atoms with E-state index in [1.54, 1.807) is 0 Å². The number of furan rings is 1. The Bertz CT molecular complexity index is 635. The van der Waals surface area contributed by atoms with Gasteiger partial charge >= 0.3 is 0 Å². The molecule has 2 heteroatoms. The fourth-order valence-corrected chi connectivity index (χ4v) is 3.22. The number of aryl methyl sites for hydroxylation is 1. The number of hydrogen-bond acceptors (Lipinski definition) is 2. The van der Waals surface area contributed by atoms with Gasteiger partial charge in [0.1, 0.15) is 11.3 Å². The van der Waals surface area contributed by atoms with Crippen LogP contribution in [-0.2, 0) is 6.54 Å². The van der Waals surface area contributed by atoms with E-state index in [9.17, 15) is 0 Å². The topological polar surface area (TPSA) is 25.2 Å². The average Bonchev–Trinajstić information content (AvgIpc) is 3.21. The summed E-state index contributed by atoms with van der Waals surface area (Å²) in [5, 5.41) is 4.93. The number of nitrogens with one attached hydrogen (secondary N) is 1. The lowest BCUT2D eigenvalue weighted by atomic mass is 9.93. The fourth-order valence-electron chi connectivity index (χ4n) is 3.22. The monoisotopic (exact) mass is 285 g/mol. The predicted molar refractivity (Wildman–Crippen MR) is 89.0 cm³/mol. The molecule has 0 unspecified atom stereocenters. The van der Waals surface area contributed by atoms with Crippen molar-refractivity contribution in [1.82, 2.24) is 5.32 Å². The third-order valence-electron chi connectivity index (χ3n) is 4.50. The lowest BCUT2D eigenvalue weighted by molar-refractivity contribution is 0.506. The van der Waals surface area contributed by atoms with Gasteiger partial charge in [-0.3, -0.25) is 0 Å². The molecule has 1 heterocycles. The summed E-state index contributed by atoms with van der Waals surface area (Å²) in [5.41, 5.74) is 5.33. The molecule has 0 bridgehead atoms. The van der Waals surface area contributed by atoms with Gasteiger partial charge in [0.2, 0.25) is 0 Å². The van der Waals surface area contributed by atoms with E-state index in [2.05, 4.69) is 45.1 Å². The normalized spacial score (nSPS) is 15.3. The van der Waals surface area contributed by atoms with Crippen LogP contribution in [0.4, 0.5) is 0 Å². The molecule has 21 heavy (non-hydrogen) atoms. The van der Waals surface area contributed by atoms with Crippen LogP contribution in [0.1, 0.15) is 74.3 Å². The lowest BCUT2D eigenvalue weighted by Gasteiger charge is -2.10. The first-order valence-corrected chi connectivity index (χ1v) is 8.39. The highest BCUT2D eigenvalue weighted by Crippen LogP contribution is 2.48. The molecule has 3 rings (SSSR count). The van der Waals surface area contributed by atoms with Crippen molar-refractivity contribution in [2.45, 2.75) is 65.3 Å². The highest BCUT2D eigenvalue weighted by atomic mass is 16.3. The zero-order chi connectivity index (χ0) is 15.0. The van der Waals surface area contributed by atoms with Crippen LogP contribution in [0, 0.1) is 6.92 Å². The molecule has 1 aromatic carbocycles. The van der Waals surface area contributed by atoms with Crippen LogP contribution >= 0.6 is 0 Å². The molecule has 2 nitrogen and oxygen atoms in total. The summed E-state index contributed by atoms with van der Waals surface area (Å²) in [6, 6.07) is 4.51. The Morgan fingerprint density at radius 2 is 2.05 bits per heavy atom. The van der Waals surface area contributed by atoms with Gasteiger partial charge in [0, 0.05) is 10.9 Å². The van der Waals surface area contributed by atoms with E-state index in [0.29, 0.717) is 5.92 Å². The first kappa shape index (κ1) is 14.6. The number of benzene rings is 1. The van der Waals surface area contributed by atoms with Gasteiger partial charge < -0.3 is 9.73 Å². The molecule has 0 saturated heterocycles. The fraction of sp³-hybridized carbons (Fsp3) is 0.579. The maximum Gasteiger partial charge on any atom is 0.137 e. The van der Waals surface area contributed by atoms with Crippen molar-refractivity contribution >= 4 is 11.0 Å². The van der Waals surface area contributed by atoms with Crippen molar-refractivity contribution in [1.29, 1.82) is 0 Å². The van der Waals surface area contributed by atoms with Gasteiger partial charge in [-0.05, 0) is 55.7 Å². The summed E-state index contributed by atoms with van der Waals surface area (Å²) in [4.78, 5) is 0. The van der Waals surface area contributed by atoms with Crippen molar-refractivity contribution in [3.63, 3.8) is 0 Å². The second-order valence-electron chi connectivity index (χ2n) is 6.72. The van der Waals surface area contributed by atoms with E-state index < -0.39 is 0 Å². The Morgan fingerprint density at radius 3 is 2.67 bits per heavy atom. The van der Waals surface area contributed by atoms with Gasteiger partial charge in [-0.1, -0.05) is 32.9 Å². The van der Waals surface area contributed by atoms with Crippen LogP contribution in [0.2, 0.25) is 0 Å². The number of fused-ring (bicyclic) bond motifs is 1. The molecule has 0 aliphatic heterocycles. The van der Waals surface area contributed by atoms with Crippen LogP contribution in [0.25, 0.3) is 11.0 Å². The van der Waals surface area contributed by atoms with Crippen LogP contribution < -0.4 is 5.32 Å². The first-order chi connectivity index (χ1) is 10.1. The molecule has 1 N–H and O–H groups in total. The molecule has 0 atom stereocenters. The summed E-state index contributed by atoms with van der Waals surface area (Å²) >= 11 is 0. The van der Waals surface area contributed by atoms with Crippen molar-refractivity contribution < 1.29 is 4.42 Å². The standard InChI is InChI=1S/C19H27NO/c1-5-10-20-11-16-17(14-7-8-14)18-15(12(2)3)9-6-13(4)19(18)21-16/h6,9,12,14,20H,5,7-8,10-11H2,1-4H3. The van der Waals surface area contributed by atoms with Crippen molar-refractivity contribution in [3.8, 4) is 0 Å². The zero-order valence-electron chi connectivity index (χ0n) is 13.8. The van der Waals surface area contributed by atoms with Crippen molar-refractivity contribution in [2.24, 2.45) is 0 Å². The Hall–Kier alpha value is -1.28. The van der Waals surface area contributed by atoms with Crippen LogP contribution in [-0.4, -0.2) is 6.54 Å². The summed E-state index contributed by atoms with van der Waals surface area (Å²) in [7, 11) is 0. The van der Waals surface area contributed by atoms with Crippen LogP contribution in [0.15, 0.2) is 16.5 Å². The minimum atomic E-state index is 0.541. The molecular weight excluding hydrogens is 258 g/mol. The predicted octanol–water partition coefficient (Wildman–Crippen LogP) is 5.24. The molecule has 1 fully saturated rings. The lowest BCUT2D eigenvalue weighted by Crippen LogP contribution is -2.14. The highest BCUT2D eigenvalue weighted by molar-refractivity contribution is 5.89. The van der Waals surface area contributed by atoms with Gasteiger partial charge in [0.05, 0.1) is 6.54 Å². The maximum atomic E-state index is 6.31. The van der Waals surface area contributed by atoms with Crippen molar-refractivity contribution in [3.05, 3.63) is 34.6 Å². The summed E-state index contributed by atoms with van der Waals surface area (Å²) < 4.78 is 6.31. The molecule has 0 amide bonds. The van der Waals surface area contributed by atoms with E-state index in [4.69, 9.17) is 4.42 Å². The highest BCUT2D eigenvalue weighted by Gasteiger charge is 2.32. The molecule has 114 valence electrons. The summed E-state index contributed by atoms with van der Waals surface area (Å²) in [5.74, 6) is 2.45. The van der Waals surface area contributed by atoms with E-state index in [-0.39, 0.29) is 0 Å². The Morgan fingerprint density at radius 1 is 1.29 bits per heavy atom. The Balaban J connectivity index is 2.13. The smallest absolute Gasteiger partial charge is 0.137 e. The van der Waals surface area contributed by atoms with Gasteiger partial charge in [-0.15, -0.1) is 0 Å². The minimum absolute atomic E-state index is 0.541. The van der Waals surface area contributed by atoms with Gasteiger partial charge in [-0.25, -0.2) is 0 Å². The molecule has 2 aromatic rings. The van der Waals surface area contributed by atoms with Crippen molar-refractivity contribution in [2.75, 3.05) is 6.54 Å². The SMILES string of the molecule is CCCNCc1oc2c(C)ccc(C(C)C)c2c1C1CC1. The molecule has 1 saturated carbocycles. The molecule has 1 aliphatic rings. The van der Waals surface area contributed by atoms with Gasteiger partial charge in [0.15, 0.2) is 0 Å². The number of rotatable bonds is 6. The van der Waals surface area contributed by atoms with E-state index in [1.165, 1.54) is 40.7 Å². The van der Waals surface area contributed by atoms with E-state index in [0.717, 1.165) is 31.0 Å². The van der Waals surface area contributed by atoms with Crippen LogP contribution in [0.3, 0.4) is 0 Å². The Kier molecular flexibility index (Phi) is 4.08. The third kappa shape index (κ3) is 2.74. The van der Waals surface area contributed by atoms with E-state index >= 15 is 0 Å².